The molecule has 6 heteroatoms. The summed E-state index contributed by atoms with van der Waals surface area (Å²) in [4.78, 5) is 23.2. The van der Waals surface area contributed by atoms with E-state index in [-0.39, 0.29) is 26.4 Å². The normalized spacial score (nSPS) is 20.6. The van der Waals surface area contributed by atoms with Gasteiger partial charge in [-0.15, -0.1) is 0 Å². The summed E-state index contributed by atoms with van der Waals surface area (Å²) in [6.07, 6.45) is 0. The minimum Gasteiger partial charge on any atom is -0.395 e. The third-order valence-corrected chi connectivity index (χ3v) is 1.70. The third kappa shape index (κ3) is 2.48. The minimum atomic E-state index is -0.578. The molecule has 1 aliphatic rings. The van der Waals surface area contributed by atoms with E-state index in [1.807, 2.05) is 0 Å². The Hall–Kier alpha value is -0.980. The van der Waals surface area contributed by atoms with Gasteiger partial charge >= 0.3 is 0 Å². The van der Waals surface area contributed by atoms with E-state index >= 15 is 0 Å². The fraction of sp³-hybridized carbons (Fsp3) is 0.714. The Bertz CT molecular complexity index is 203. The van der Waals surface area contributed by atoms with E-state index in [0.29, 0.717) is 0 Å². The maximum Gasteiger partial charge on any atom is 0.255 e. The van der Waals surface area contributed by atoms with Gasteiger partial charge in [0.15, 0.2) is 0 Å². The summed E-state index contributed by atoms with van der Waals surface area (Å²) in [5.74, 6) is -0.805. The van der Waals surface area contributed by atoms with Crippen LogP contribution in [0.4, 0.5) is 0 Å². The number of hydrogen-bond donors (Lipinski definition) is 2. The van der Waals surface area contributed by atoms with Crippen molar-refractivity contribution in [1.82, 2.24) is 4.90 Å². The molecule has 0 aliphatic carbocycles. The molecule has 13 heavy (non-hydrogen) atoms. The van der Waals surface area contributed by atoms with Crippen LogP contribution in [0.1, 0.15) is 0 Å². The third-order valence-electron chi connectivity index (χ3n) is 1.70. The lowest BCUT2D eigenvalue weighted by Gasteiger charge is -2.26. The van der Waals surface area contributed by atoms with Crippen molar-refractivity contribution >= 4 is 11.8 Å². The van der Waals surface area contributed by atoms with Gasteiger partial charge in [-0.2, -0.15) is 0 Å². The average molecular weight is 188 g/mol. The molecule has 0 aromatic rings. The molecule has 74 valence electrons. The summed E-state index contributed by atoms with van der Waals surface area (Å²) in [5.41, 5.74) is 5.39. The molecule has 0 spiro atoms. The van der Waals surface area contributed by atoms with Crippen LogP contribution in [-0.2, 0) is 14.3 Å². The SMILES string of the molecule is NC(CO)CN1C(=O)COCC1=O. The Labute approximate surface area is 75.3 Å². The molecule has 1 saturated heterocycles. The lowest BCUT2D eigenvalue weighted by Crippen LogP contribution is -2.51. The quantitative estimate of drug-likeness (QED) is 0.485. The molecule has 0 radical (unpaired) electrons. The number of rotatable bonds is 3. The van der Waals surface area contributed by atoms with Gasteiger partial charge in [-0.05, 0) is 0 Å². The van der Waals surface area contributed by atoms with E-state index < -0.39 is 17.9 Å². The average Bonchev–Trinajstić information content (AvgIpc) is 2.11. The van der Waals surface area contributed by atoms with Crippen LogP contribution in [0.3, 0.4) is 0 Å². The number of hydrogen-bond acceptors (Lipinski definition) is 5. The maximum absolute atomic E-state index is 11.1. The Balaban J connectivity index is 2.54. The molecule has 2 amide bonds. The largest absolute Gasteiger partial charge is 0.395 e. The number of aliphatic hydroxyl groups excluding tert-OH is 1. The first-order chi connectivity index (χ1) is 6.15. The number of ether oxygens (including phenoxy) is 1. The maximum atomic E-state index is 11.1. The molecule has 1 fully saturated rings. The first-order valence-electron chi connectivity index (χ1n) is 3.92. The van der Waals surface area contributed by atoms with Crippen LogP contribution in [0, 0.1) is 0 Å². The van der Waals surface area contributed by atoms with Gasteiger partial charge in [-0.3, -0.25) is 14.5 Å². The lowest BCUT2D eigenvalue weighted by atomic mass is 10.3. The highest BCUT2D eigenvalue weighted by molar-refractivity contribution is 5.98. The monoisotopic (exact) mass is 188 g/mol. The second-order valence-electron chi connectivity index (χ2n) is 2.83. The van der Waals surface area contributed by atoms with Gasteiger partial charge in [0.25, 0.3) is 11.8 Å². The van der Waals surface area contributed by atoms with Gasteiger partial charge in [-0.1, -0.05) is 0 Å². The topological polar surface area (TPSA) is 92.9 Å². The zero-order chi connectivity index (χ0) is 9.84. The molecule has 0 aromatic heterocycles. The van der Waals surface area contributed by atoms with Crippen molar-refractivity contribution in [3.63, 3.8) is 0 Å². The molecular weight excluding hydrogens is 176 g/mol. The van der Waals surface area contributed by atoms with Crippen molar-refractivity contribution in [3.05, 3.63) is 0 Å². The second-order valence-corrected chi connectivity index (χ2v) is 2.83. The van der Waals surface area contributed by atoms with Crippen LogP contribution < -0.4 is 5.73 Å². The molecule has 1 aliphatic heterocycles. The predicted molar refractivity (Wildman–Crippen MR) is 42.6 cm³/mol. The molecule has 3 N–H and O–H groups in total. The van der Waals surface area contributed by atoms with E-state index in [2.05, 4.69) is 0 Å². The Morgan fingerprint density at radius 2 is 2.00 bits per heavy atom. The Morgan fingerprint density at radius 3 is 2.46 bits per heavy atom. The number of amides is 2. The number of nitrogens with zero attached hydrogens (tertiary/aromatic N) is 1. The zero-order valence-corrected chi connectivity index (χ0v) is 7.10. The number of nitrogens with two attached hydrogens (primary N) is 1. The molecular formula is C7H12N2O4. The molecule has 1 unspecified atom stereocenters. The van der Waals surface area contributed by atoms with Crippen LogP contribution >= 0.6 is 0 Å². The highest BCUT2D eigenvalue weighted by atomic mass is 16.5. The summed E-state index contributed by atoms with van der Waals surface area (Å²) in [7, 11) is 0. The van der Waals surface area contributed by atoms with E-state index in [0.717, 1.165) is 4.90 Å². The van der Waals surface area contributed by atoms with Gasteiger partial charge in [0.05, 0.1) is 6.61 Å². The predicted octanol–water partition coefficient (Wildman–Crippen LogP) is -2.31. The molecule has 0 bridgehead atoms. The van der Waals surface area contributed by atoms with Crippen molar-refractivity contribution in [2.45, 2.75) is 6.04 Å². The number of carbonyl (C=O) groups excluding carboxylic acids is 2. The van der Waals surface area contributed by atoms with Crippen molar-refractivity contribution in [1.29, 1.82) is 0 Å². The van der Waals surface area contributed by atoms with Gasteiger partial charge in [0.1, 0.15) is 13.2 Å². The Morgan fingerprint density at radius 1 is 1.46 bits per heavy atom. The fourth-order valence-electron chi connectivity index (χ4n) is 1.02. The van der Waals surface area contributed by atoms with Gasteiger partial charge in [-0.25, -0.2) is 0 Å². The summed E-state index contributed by atoms with van der Waals surface area (Å²) in [6.45, 7) is -0.386. The number of morpholine rings is 1. The van der Waals surface area contributed by atoms with Gasteiger partial charge in [0.2, 0.25) is 0 Å². The minimum absolute atomic E-state index is 0.0531. The smallest absolute Gasteiger partial charge is 0.255 e. The standard InChI is InChI=1S/C7H12N2O4/c8-5(2-10)1-9-6(11)3-13-4-7(9)12/h5,10H,1-4,8H2. The number of aliphatic hydroxyl groups is 1. The van der Waals surface area contributed by atoms with Gasteiger partial charge in [0, 0.05) is 12.6 Å². The van der Waals surface area contributed by atoms with E-state index in [9.17, 15) is 9.59 Å². The first-order valence-corrected chi connectivity index (χ1v) is 3.92. The fourth-order valence-corrected chi connectivity index (χ4v) is 1.02. The highest BCUT2D eigenvalue weighted by Gasteiger charge is 2.27. The van der Waals surface area contributed by atoms with Crippen molar-refractivity contribution in [2.75, 3.05) is 26.4 Å². The Kier molecular flexibility index (Phi) is 3.35. The molecule has 1 rings (SSSR count). The summed E-state index contributed by atoms with van der Waals surface area (Å²) in [6, 6.07) is -0.578. The first kappa shape index (κ1) is 10.1. The molecule has 0 aromatic carbocycles. The van der Waals surface area contributed by atoms with Crippen molar-refractivity contribution < 1.29 is 19.4 Å². The zero-order valence-electron chi connectivity index (χ0n) is 7.10. The van der Waals surface area contributed by atoms with Crippen LogP contribution in [0.2, 0.25) is 0 Å². The van der Waals surface area contributed by atoms with Crippen molar-refractivity contribution in [3.8, 4) is 0 Å². The highest BCUT2D eigenvalue weighted by Crippen LogP contribution is 2.01. The lowest BCUT2D eigenvalue weighted by molar-refractivity contribution is -0.158. The molecule has 0 saturated carbocycles. The van der Waals surface area contributed by atoms with Crippen LogP contribution in [0.5, 0.6) is 0 Å². The molecule has 1 heterocycles. The van der Waals surface area contributed by atoms with Crippen LogP contribution in [0.25, 0.3) is 0 Å². The summed E-state index contributed by atoms with van der Waals surface area (Å²) in [5, 5.41) is 8.63. The second kappa shape index (κ2) is 4.31. The van der Waals surface area contributed by atoms with Gasteiger partial charge < -0.3 is 15.6 Å². The van der Waals surface area contributed by atoms with Crippen LogP contribution in [0.15, 0.2) is 0 Å². The number of carbonyl (C=O) groups is 2. The molecule has 6 nitrogen and oxygen atoms in total. The molecule has 1 atom stereocenters. The van der Waals surface area contributed by atoms with E-state index in [4.69, 9.17) is 15.6 Å². The van der Waals surface area contributed by atoms with E-state index in [1.54, 1.807) is 0 Å². The summed E-state index contributed by atoms with van der Waals surface area (Å²) < 4.78 is 4.70. The number of imide groups is 1. The van der Waals surface area contributed by atoms with E-state index in [1.165, 1.54) is 0 Å². The van der Waals surface area contributed by atoms with Crippen LogP contribution in [-0.4, -0.2) is 54.2 Å². The summed E-state index contributed by atoms with van der Waals surface area (Å²) >= 11 is 0. The van der Waals surface area contributed by atoms with Crippen molar-refractivity contribution in [2.24, 2.45) is 5.73 Å².